The predicted molar refractivity (Wildman–Crippen MR) is 105 cm³/mol. The number of nitriles is 1. The summed E-state index contributed by atoms with van der Waals surface area (Å²) in [5.41, 5.74) is 1.38. The molecule has 0 unspecified atom stereocenters. The van der Waals surface area contributed by atoms with Gasteiger partial charge in [0.2, 0.25) is 0 Å². The fraction of sp³-hybridized carbons (Fsp3) is 0.0526. The fourth-order valence-electron chi connectivity index (χ4n) is 2.45. The lowest BCUT2D eigenvalue weighted by molar-refractivity contribution is 0.590. The zero-order chi connectivity index (χ0) is 19.4. The first kappa shape index (κ1) is 19.2. The van der Waals surface area contributed by atoms with E-state index in [0.29, 0.717) is 10.7 Å². The van der Waals surface area contributed by atoms with Gasteiger partial charge in [0.25, 0.3) is 10.0 Å². The van der Waals surface area contributed by atoms with E-state index >= 15 is 0 Å². The quantitative estimate of drug-likeness (QED) is 0.604. The lowest BCUT2D eigenvalue weighted by Crippen LogP contribution is -2.30. The zero-order valence-corrected chi connectivity index (χ0v) is 16.2. The van der Waals surface area contributed by atoms with E-state index in [-0.39, 0.29) is 22.0 Å². The van der Waals surface area contributed by atoms with Crippen molar-refractivity contribution in [3.05, 3.63) is 88.2 Å². The maximum atomic E-state index is 13.3. The Morgan fingerprint density at radius 1 is 1.07 bits per heavy atom. The lowest BCUT2D eigenvalue weighted by Gasteiger charge is -2.25. The summed E-state index contributed by atoms with van der Waals surface area (Å²) in [7, 11) is -3.94. The van der Waals surface area contributed by atoms with Crippen molar-refractivity contribution in [1.82, 2.24) is 4.98 Å². The van der Waals surface area contributed by atoms with Gasteiger partial charge in [-0.15, -0.1) is 0 Å². The molecule has 27 heavy (non-hydrogen) atoms. The van der Waals surface area contributed by atoms with Crippen LogP contribution in [-0.2, 0) is 16.6 Å². The number of hydrogen-bond donors (Lipinski definition) is 0. The minimum atomic E-state index is -3.94. The fourth-order valence-corrected chi connectivity index (χ4v) is 4.35. The average molecular weight is 418 g/mol. The molecule has 3 aromatic rings. The molecule has 0 fully saturated rings. The van der Waals surface area contributed by atoms with Gasteiger partial charge in [0.05, 0.1) is 27.7 Å². The molecule has 136 valence electrons. The van der Waals surface area contributed by atoms with Crippen LogP contribution in [0, 0.1) is 11.3 Å². The van der Waals surface area contributed by atoms with Gasteiger partial charge in [-0.25, -0.2) is 8.42 Å². The highest BCUT2D eigenvalue weighted by Gasteiger charge is 2.26. The number of halogens is 2. The Balaban J connectivity index is 2.09. The highest BCUT2D eigenvalue weighted by atomic mass is 35.5. The van der Waals surface area contributed by atoms with Crippen LogP contribution in [0.4, 0.5) is 5.69 Å². The molecule has 0 bridgehead atoms. The smallest absolute Gasteiger partial charge is 0.264 e. The molecule has 0 amide bonds. The van der Waals surface area contributed by atoms with Crippen molar-refractivity contribution in [3.63, 3.8) is 0 Å². The molecular weight excluding hydrogens is 405 g/mol. The third-order valence-corrected chi connectivity index (χ3v) is 6.15. The Kier molecular flexibility index (Phi) is 5.66. The summed E-state index contributed by atoms with van der Waals surface area (Å²) in [6.45, 7) is 0.0788. The number of pyridine rings is 1. The van der Waals surface area contributed by atoms with E-state index in [9.17, 15) is 8.42 Å². The van der Waals surface area contributed by atoms with Gasteiger partial charge in [-0.2, -0.15) is 5.26 Å². The van der Waals surface area contributed by atoms with Crippen LogP contribution in [-0.4, -0.2) is 13.4 Å². The normalized spacial score (nSPS) is 11.0. The number of benzene rings is 2. The molecule has 0 aliphatic carbocycles. The van der Waals surface area contributed by atoms with Crippen LogP contribution in [0.1, 0.15) is 11.1 Å². The first-order valence-electron chi connectivity index (χ1n) is 7.78. The number of rotatable bonds is 5. The molecule has 8 heteroatoms. The molecule has 2 aromatic carbocycles. The highest BCUT2D eigenvalue weighted by Crippen LogP contribution is 2.29. The Morgan fingerprint density at radius 2 is 1.81 bits per heavy atom. The van der Waals surface area contributed by atoms with Gasteiger partial charge in [0.15, 0.2) is 0 Å². The van der Waals surface area contributed by atoms with Gasteiger partial charge in [-0.1, -0.05) is 29.3 Å². The van der Waals surface area contributed by atoms with E-state index in [2.05, 4.69) is 4.98 Å². The second-order valence-corrected chi connectivity index (χ2v) is 8.31. The topological polar surface area (TPSA) is 74.1 Å². The summed E-state index contributed by atoms with van der Waals surface area (Å²) in [5.74, 6) is 0. The molecule has 0 N–H and O–H groups in total. The minimum absolute atomic E-state index is 0.00894. The van der Waals surface area contributed by atoms with E-state index in [0.717, 1.165) is 5.56 Å². The van der Waals surface area contributed by atoms with Crippen LogP contribution < -0.4 is 4.31 Å². The molecule has 0 radical (unpaired) electrons. The Hall–Kier alpha value is -2.59. The second-order valence-electron chi connectivity index (χ2n) is 5.60. The number of aromatic nitrogens is 1. The number of sulfonamides is 1. The highest BCUT2D eigenvalue weighted by molar-refractivity contribution is 7.92. The molecule has 0 spiro atoms. The van der Waals surface area contributed by atoms with Gasteiger partial charge >= 0.3 is 0 Å². The largest absolute Gasteiger partial charge is 0.264 e. The van der Waals surface area contributed by atoms with Gasteiger partial charge in [0.1, 0.15) is 6.07 Å². The summed E-state index contributed by atoms with van der Waals surface area (Å²) < 4.78 is 27.9. The van der Waals surface area contributed by atoms with Crippen LogP contribution in [0.3, 0.4) is 0 Å². The Morgan fingerprint density at radius 3 is 2.41 bits per heavy atom. The van der Waals surface area contributed by atoms with E-state index in [1.807, 2.05) is 6.07 Å². The van der Waals surface area contributed by atoms with Crippen molar-refractivity contribution in [1.29, 1.82) is 5.26 Å². The molecule has 1 aromatic heterocycles. The van der Waals surface area contributed by atoms with Crippen molar-refractivity contribution in [2.45, 2.75) is 11.4 Å². The summed E-state index contributed by atoms with van der Waals surface area (Å²) >= 11 is 12.0. The Bertz CT molecular complexity index is 1100. The third kappa shape index (κ3) is 4.22. The van der Waals surface area contributed by atoms with Crippen LogP contribution in [0.5, 0.6) is 0 Å². The van der Waals surface area contributed by atoms with Crippen molar-refractivity contribution in [3.8, 4) is 6.07 Å². The van der Waals surface area contributed by atoms with Gasteiger partial charge in [0, 0.05) is 17.4 Å². The van der Waals surface area contributed by atoms with Crippen molar-refractivity contribution < 1.29 is 8.42 Å². The maximum absolute atomic E-state index is 13.3. The monoisotopic (exact) mass is 417 g/mol. The zero-order valence-electron chi connectivity index (χ0n) is 13.9. The SMILES string of the molecule is N#Cc1ccc(S(=O)(=O)N(Cc2cccnc2)c2ccc(Cl)cc2)cc1Cl. The molecule has 0 atom stereocenters. The maximum Gasteiger partial charge on any atom is 0.264 e. The number of nitrogens with zero attached hydrogens (tertiary/aromatic N) is 3. The molecule has 1 heterocycles. The first-order chi connectivity index (χ1) is 12.9. The van der Waals surface area contributed by atoms with Crippen LogP contribution in [0.15, 0.2) is 71.9 Å². The lowest BCUT2D eigenvalue weighted by atomic mass is 10.2. The van der Waals surface area contributed by atoms with E-state index < -0.39 is 10.0 Å². The van der Waals surface area contributed by atoms with Gasteiger partial charge in [-0.3, -0.25) is 9.29 Å². The average Bonchev–Trinajstić information content (AvgIpc) is 2.67. The summed E-state index contributed by atoms with van der Waals surface area (Å²) in [4.78, 5) is 4.03. The first-order valence-corrected chi connectivity index (χ1v) is 9.98. The summed E-state index contributed by atoms with van der Waals surface area (Å²) in [5, 5.41) is 9.59. The molecule has 5 nitrogen and oxygen atoms in total. The van der Waals surface area contributed by atoms with Crippen molar-refractivity contribution in [2.75, 3.05) is 4.31 Å². The standard InChI is InChI=1S/C19H13Cl2N3O2S/c20-16-4-6-17(7-5-16)24(13-14-2-1-9-23-12-14)27(25,26)18-8-3-15(11-22)19(21)10-18/h1-10,12H,13H2. The Labute approximate surface area is 167 Å². The van der Waals surface area contributed by atoms with Crippen molar-refractivity contribution in [2.24, 2.45) is 0 Å². The molecular formula is C19H13Cl2N3O2S. The number of hydrogen-bond acceptors (Lipinski definition) is 4. The van der Waals surface area contributed by atoms with Gasteiger partial charge in [-0.05, 0) is 54.1 Å². The molecule has 0 saturated carbocycles. The van der Waals surface area contributed by atoms with Crippen LogP contribution >= 0.6 is 23.2 Å². The molecule has 0 aliphatic rings. The second kappa shape index (κ2) is 7.97. The number of anilines is 1. The van der Waals surface area contributed by atoms with Gasteiger partial charge < -0.3 is 0 Å². The third-order valence-electron chi connectivity index (χ3n) is 3.81. The van der Waals surface area contributed by atoms with Crippen molar-refractivity contribution >= 4 is 38.9 Å². The van der Waals surface area contributed by atoms with E-state index in [1.54, 1.807) is 48.8 Å². The predicted octanol–water partition coefficient (Wildman–Crippen LogP) is 4.66. The summed E-state index contributed by atoms with van der Waals surface area (Å²) in [6, 6.07) is 16.0. The molecule has 3 rings (SSSR count). The molecule has 0 aliphatic heterocycles. The van der Waals surface area contributed by atoms with Crippen LogP contribution in [0.2, 0.25) is 10.0 Å². The minimum Gasteiger partial charge on any atom is -0.264 e. The van der Waals surface area contributed by atoms with E-state index in [4.69, 9.17) is 28.5 Å². The van der Waals surface area contributed by atoms with E-state index in [1.165, 1.54) is 22.5 Å². The summed E-state index contributed by atoms with van der Waals surface area (Å²) in [6.07, 6.45) is 3.22. The van der Waals surface area contributed by atoms with Crippen LogP contribution in [0.25, 0.3) is 0 Å². The molecule has 0 saturated heterocycles.